The zero-order chi connectivity index (χ0) is 21.3. The van der Waals surface area contributed by atoms with Crippen molar-refractivity contribution in [3.05, 3.63) is 35.9 Å². The average Bonchev–Trinajstić information content (AvgIpc) is 2.71. The van der Waals surface area contributed by atoms with Gasteiger partial charge in [-0.15, -0.1) is 0 Å². The summed E-state index contributed by atoms with van der Waals surface area (Å²) in [4.78, 5) is 19.8. The summed E-state index contributed by atoms with van der Waals surface area (Å²) in [7, 11) is 0. The third-order valence-corrected chi connectivity index (χ3v) is 4.92. The Morgan fingerprint density at radius 3 is 2.38 bits per heavy atom. The quantitative estimate of drug-likeness (QED) is 0.529. The van der Waals surface area contributed by atoms with Crippen molar-refractivity contribution in [1.82, 2.24) is 20.4 Å². The molecule has 1 aromatic rings. The fraction of sp³-hybridized carbons (Fsp3) is 0.600. The van der Waals surface area contributed by atoms with Crippen molar-refractivity contribution in [2.45, 2.75) is 32.5 Å². The normalized spacial score (nSPS) is 17.1. The van der Waals surface area contributed by atoms with Crippen LogP contribution in [0.2, 0.25) is 0 Å². The van der Waals surface area contributed by atoms with Gasteiger partial charge in [-0.2, -0.15) is 13.2 Å². The van der Waals surface area contributed by atoms with E-state index in [-0.39, 0.29) is 12.5 Å². The fourth-order valence-corrected chi connectivity index (χ4v) is 3.15. The molecule has 1 aliphatic heterocycles. The van der Waals surface area contributed by atoms with Crippen LogP contribution in [-0.4, -0.2) is 79.7 Å². The predicted molar refractivity (Wildman–Crippen MR) is 108 cm³/mol. The SMILES string of the molecule is CCNC(=NCC(=O)NCCc1ccccc1)N1CCN(C(C)C(F)(F)F)CC1. The number of carbonyl (C=O) groups is 1. The van der Waals surface area contributed by atoms with Crippen LogP contribution in [-0.2, 0) is 11.2 Å². The second kappa shape index (κ2) is 11.0. The fourth-order valence-electron chi connectivity index (χ4n) is 3.15. The number of piperazine rings is 1. The molecule has 1 aromatic carbocycles. The number of benzene rings is 1. The van der Waals surface area contributed by atoms with Gasteiger partial charge in [0.05, 0.1) is 0 Å². The number of rotatable bonds is 7. The maximum atomic E-state index is 12.9. The van der Waals surface area contributed by atoms with Gasteiger partial charge in [-0.05, 0) is 25.8 Å². The van der Waals surface area contributed by atoms with Crippen molar-refractivity contribution in [1.29, 1.82) is 0 Å². The number of carbonyl (C=O) groups excluding carboxylic acids is 1. The maximum Gasteiger partial charge on any atom is 0.403 e. The predicted octanol–water partition coefficient (Wildman–Crippen LogP) is 1.88. The van der Waals surface area contributed by atoms with Gasteiger partial charge >= 0.3 is 6.18 Å². The molecule has 2 rings (SSSR count). The number of guanidine groups is 1. The van der Waals surface area contributed by atoms with E-state index in [1.165, 1.54) is 11.8 Å². The highest BCUT2D eigenvalue weighted by molar-refractivity contribution is 5.85. The lowest BCUT2D eigenvalue weighted by molar-refractivity contribution is -0.181. The molecule has 0 aromatic heterocycles. The van der Waals surface area contributed by atoms with E-state index in [1.54, 1.807) is 0 Å². The van der Waals surface area contributed by atoms with E-state index in [4.69, 9.17) is 0 Å². The van der Waals surface area contributed by atoms with Gasteiger partial charge in [0.15, 0.2) is 5.96 Å². The Balaban J connectivity index is 1.81. The monoisotopic (exact) mass is 413 g/mol. The van der Waals surface area contributed by atoms with Crippen LogP contribution in [0.4, 0.5) is 13.2 Å². The van der Waals surface area contributed by atoms with Gasteiger partial charge in [0.1, 0.15) is 12.6 Å². The highest BCUT2D eigenvalue weighted by atomic mass is 19.4. The Labute approximate surface area is 170 Å². The van der Waals surface area contributed by atoms with Crippen LogP contribution in [0.3, 0.4) is 0 Å². The molecular weight excluding hydrogens is 383 g/mol. The molecular formula is C20H30F3N5O. The lowest BCUT2D eigenvalue weighted by Gasteiger charge is -2.39. The molecule has 0 bridgehead atoms. The van der Waals surface area contributed by atoms with Gasteiger partial charge in [0.2, 0.25) is 5.91 Å². The number of alkyl halides is 3. The van der Waals surface area contributed by atoms with Gasteiger partial charge < -0.3 is 15.5 Å². The number of nitrogens with zero attached hydrogens (tertiary/aromatic N) is 3. The van der Waals surface area contributed by atoms with E-state index in [9.17, 15) is 18.0 Å². The molecule has 1 atom stereocenters. The Morgan fingerprint density at radius 2 is 1.79 bits per heavy atom. The van der Waals surface area contributed by atoms with Crippen molar-refractivity contribution in [2.75, 3.05) is 45.8 Å². The average molecular weight is 413 g/mol. The van der Waals surface area contributed by atoms with Crippen molar-refractivity contribution in [2.24, 2.45) is 4.99 Å². The first-order chi connectivity index (χ1) is 13.8. The molecule has 2 N–H and O–H groups in total. The van der Waals surface area contributed by atoms with Crippen molar-refractivity contribution in [3.63, 3.8) is 0 Å². The second-order valence-electron chi connectivity index (χ2n) is 7.00. The van der Waals surface area contributed by atoms with Crippen molar-refractivity contribution in [3.8, 4) is 0 Å². The molecule has 0 spiro atoms. The standard InChI is InChI=1S/C20H30F3N5O/c1-3-24-19(28-13-11-27(12-14-28)16(2)20(21,22)23)26-15-18(29)25-10-9-17-7-5-4-6-8-17/h4-8,16H,3,9-15H2,1-2H3,(H,24,26)(H,25,29). The van der Waals surface area contributed by atoms with Gasteiger partial charge in [-0.1, -0.05) is 30.3 Å². The Kier molecular flexibility index (Phi) is 8.75. The van der Waals surface area contributed by atoms with Crippen LogP contribution < -0.4 is 10.6 Å². The van der Waals surface area contributed by atoms with Crippen molar-refractivity contribution >= 4 is 11.9 Å². The topological polar surface area (TPSA) is 60.0 Å². The maximum absolute atomic E-state index is 12.9. The summed E-state index contributed by atoms with van der Waals surface area (Å²) in [5.41, 5.74) is 1.15. The highest BCUT2D eigenvalue weighted by Crippen LogP contribution is 2.25. The number of aliphatic imine (C=N–C) groups is 1. The van der Waals surface area contributed by atoms with Crippen LogP contribution in [0.1, 0.15) is 19.4 Å². The Hall–Kier alpha value is -2.29. The molecule has 0 aliphatic carbocycles. The highest BCUT2D eigenvalue weighted by Gasteiger charge is 2.41. The molecule has 1 amide bonds. The first-order valence-corrected chi connectivity index (χ1v) is 9.96. The Morgan fingerprint density at radius 1 is 1.14 bits per heavy atom. The molecule has 29 heavy (non-hydrogen) atoms. The summed E-state index contributed by atoms with van der Waals surface area (Å²) in [5.74, 6) is 0.380. The summed E-state index contributed by atoms with van der Waals surface area (Å²) < 4.78 is 38.7. The molecule has 1 saturated heterocycles. The molecule has 9 heteroatoms. The third-order valence-electron chi connectivity index (χ3n) is 4.92. The summed E-state index contributed by atoms with van der Waals surface area (Å²) in [6.07, 6.45) is -3.48. The van der Waals surface area contributed by atoms with E-state index in [0.29, 0.717) is 45.2 Å². The van der Waals surface area contributed by atoms with Gasteiger partial charge in [0, 0.05) is 39.3 Å². The summed E-state index contributed by atoms with van der Waals surface area (Å²) in [6.45, 7) is 5.70. The van der Waals surface area contributed by atoms with Crippen LogP contribution in [0.15, 0.2) is 35.3 Å². The van der Waals surface area contributed by atoms with Gasteiger partial charge in [-0.3, -0.25) is 9.69 Å². The molecule has 0 radical (unpaired) electrons. The largest absolute Gasteiger partial charge is 0.403 e. The zero-order valence-electron chi connectivity index (χ0n) is 17.0. The number of nitrogens with one attached hydrogen (secondary N) is 2. The second-order valence-corrected chi connectivity index (χ2v) is 7.00. The number of hydrogen-bond donors (Lipinski definition) is 2. The number of amides is 1. The molecule has 0 saturated carbocycles. The van der Waals surface area contributed by atoms with Crippen LogP contribution >= 0.6 is 0 Å². The molecule has 1 fully saturated rings. The van der Waals surface area contributed by atoms with E-state index < -0.39 is 12.2 Å². The minimum Gasteiger partial charge on any atom is -0.357 e. The number of hydrogen-bond acceptors (Lipinski definition) is 3. The van der Waals surface area contributed by atoms with Gasteiger partial charge in [-0.25, -0.2) is 4.99 Å². The van der Waals surface area contributed by atoms with E-state index in [0.717, 1.165) is 12.0 Å². The van der Waals surface area contributed by atoms with Crippen molar-refractivity contribution < 1.29 is 18.0 Å². The summed E-state index contributed by atoms with van der Waals surface area (Å²) in [6, 6.07) is 8.42. The van der Waals surface area contributed by atoms with E-state index in [1.807, 2.05) is 42.2 Å². The molecule has 1 aliphatic rings. The number of halogens is 3. The molecule has 162 valence electrons. The molecule has 1 heterocycles. The van der Waals surface area contributed by atoms with E-state index >= 15 is 0 Å². The zero-order valence-corrected chi connectivity index (χ0v) is 17.0. The third kappa shape index (κ3) is 7.56. The Bertz CT molecular complexity index is 658. The van der Waals surface area contributed by atoms with Crippen LogP contribution in [0, 0.1) is 0 Å². The molecule has 1 unspecified atom stereocenters. The lowest BCUT2D eigenvalue weighted by Crippen LogP contribution is -2.56. The minimum absolute atomic E-state index is 0.0176. The summed E-state index contributed by atoms with van der Waals surface area (Å²) >= 11 is 0. The lowest BCUT2D eigenvalue weighted by atomic mass is 10.1. The van der Waals surface area contributed by atoms with Gasteiger partial charge in [0.25, 0.3) is 0 Å². The minimum atomic E-state index is -4.22. The smallest absolute Gasteiger partial charge is 0.357 e. The first-order valence-electron chi connectivity index (χ1n) is 9.96. The summed E-state index contributed by atoms with van der Waals surface area (Å²) in [5, 5.41) is 5.96. The van der Waals surface area contributed by atoms with Crippen LogP contribution in [0.25, 0.3) is 0 Å². The van der Waals surface area contributed by atoms with Crippen LogP contribution in [0.5, 0.6) is 0 Å². The molecule has 6 nitrogen and oxygen atoms in total. The first kappa shape index (κ1) is 23.0. The van der Waals surface area contributed by atoms with E-state index in [2.05, 4.69) is 15.6 Å².